The van der Waals surface area contributed by atoms with E-state index in [0.717, 1.165) is 42.8 Å². The van der Waals surface area contributed by atoms with E-state index in [0.29, 0.717) is 12.6 Å². The van der Waals surface area contributed by atoms with E-state index < -0.39 is 0 Å². The zero-order chi connectivity index (χ0) is 19.9. The van der Waals surface area contributed by atoms with Crippen molar-refractivity contribution in [2.45, 2.75) is 64.6 Å². The van der Waals surface area contributed by atoms with Crippen LogP contribution in [-0.2, 0) is 19.5 Å². The summed E-state index contributed by atoms with van der Waals surface area (Å²) in [4.78, 5) is 4.80. The Morgan fingerprint density at radius 2 is 2.00 bits per heavy atom. The Balaban J connectivity index is 0.00000256. The Bertz CT molecular complexity index is 943. The van der Waals surface area contributed by atoms with E-state index in [9.17, 15) is 0 Å². The molecule has 0 saturated heterocycles. The second kappa shape index (κ2) is 11.2. The smallest absolute Gasteiger partial charge is 0.191 e. The van der Waals surface area contributed by atoms with Gasteiger partial charge in [0, 0.05) is 31.7 Å². The molecule has 1 aliphatic rings. The average Bonchev–Trinajstić information content (AvgIpc) is 3.39. The highest BCUT2D eigenvalue weighted by Gasteiger charge is 2.15. The van der Waals surface area contributed by atoms with Gasteiger partial charge in [-0.3, -0.25) is 4.40 Å². The van der Waals surface area contributed by atoms with Gasteiger partial charge in [0.05, 0.1) is 0 Å². The molecular formula is C20H30IN9. The maximum atomic E-state index is 4.80. The van der Waals surface area contributed by atoms with Crippen LogP contribution in [0.3, 0.4) is 0 Å². The molecule has 0 amide bonds. The molecule has 9 nitrogen and oxygen atoms in total. The molecule has 0 radical (unpaired) electrons. The lowest BCUT2D eigenvalue weighted by Crippen LogP contribution is -2.45. The standard InChI is InChI=1S/C20H29N9.HI/c1-2-17-25-23-15-28(17)13-11-21-20(24-16-8-4-3-5-9-16)22-14-19-27-26-18-10-6-7-12-29(18)19;/h6-7,10,12,15-16H,2-5,8-9,11,13-14H2,1H3,(H2,21,22,24);1H. The number of aromatic nitrogens is 6. The number of nitrogens with one attached hydrogen (secondary N) is 2. The second-order valence-electron chi connectivity index (χ2n) is 7.41. The Hall–Kier alpha value is -2.24. The number of hydrogen-bond acceptors (Lipinski definition) is 5. The summed E-state index contributed by atoms with van der Waals surface area (Å²) in [6.45, 7) is 4.12. The first-order valence-electron chi connectivity index (χ1n) is 10.5. The molecule has 3 heterocycles. The van der Waals surface area contributed by atoms with Crippen molar-refractivity contribution in [1.29, 1.82) is 0 Å². The normalized spacial score (nSPS) is 15.2. The van der Waals surface area contributed by atoms with Crippen LogP contribution in [0.25, 0.3) is 5.65 Å². The summed E-state index contributed by atoms with van der Waals surface area (Å²) >= 11 is 0. The lowest BCUT2D eigenvalue weighted by molar-refractivity contribution is 0.409. The monoisotopic (exact) mass is 523 g/mol. The number of pyridine rings is 1. The van der Waals surface area contributed by atoms with Crippen LogP contribution in [0, 0.1) is 0 Å². The summed E-state index contributed by atoms with van der Waals surface area (Å²) in [5, 5.41) is 23.7. The van der Waals surface area contributed by atoms with Gasteiger partial charge in [0.15, 0.2) is 17.4 Å². The minimum atomic E-state index is 0. The van der Waals surface area contributed by atoms with E-state index in [1.807, 2.05) is 28.8 Å². The van der Waals surface area contributed by atoms with Crippen molar-refractivity contribution >= 4 is 35.6 Å². The van der Waals surface area contributed by atoms with Crippen LogP contribution in [0.2, 0.25) is 0 Å². The van der Waals surface area contributed by atoms with Gasteiger partial charge in [-0.25, -0.2) is 4.99 Å². The van der Waals surface area contributed by atoms with Crippen molar-refractivity contribution in [1.82, 2.24) is 40.0 Å². The van der Waals surface area contributed by atoms with E-state index in [4.69, 9.17) is 4.99 Å². The van der Waals surface area contributed by atoms with E-state index >= 15 is 0 Å². The average molecular weight is 523 g/mol. The molecule has 1 saturated carbocycles. The molecule has 3 aromatic rings. The highest BCUT2D eigenvalue weighted by atomic mass is 127. The van der Waals surface area contributed by atoms with Crippen LogP contribution in [0.15, 0.2) is 35.7 Å². The first-order chi connectivity index (χ1) is 14.3. The van der Waals surface area contributed by atoms with Crippen LogP contribution in [-0.4, -0.2) is 47.9 Å². The summed E-state index contributed by atoms with van der Waals surface area (Å²) < 4.78 is 4.06. The fourth-order valence-electron chi connectivity index (χ4n) is 3.78. The maximum Gasteiger partial charge on any atom is 0.191 e. The number of halogens is 1. The minimum Gasteiger partial charge on any atom is -0.355 e. The van der Waals surface area contributed by atoms with Crippen molar-refractivity contribution in [3.8, 4) is 0 Å². The molecule has 0 atom stereocenters. The number of guanidine groups is 1. The summed E-state index contributed by atoms with van der Waals surface area (Å²) in [5.41, 5.74) is 0.840. The molecule has 0 bridgehead atoms. The Labute approximate surface area is 193 Å². The Kier molecular flexibility index (Phi) is 8.40. The summed E-state index contributed by atoms with van der Waals surface area (Å²) in [6.07, 6.45) is 10.9. The van der Waals surface area contributed by atoms with E-state index in [1.54, 1.807) is 6.33 Å². The lowest BCUT2D eigenvalue weighted by atomic mass is 9.96. The number of aliphatic imine (C=N–C) groups is 1. The summed E-state index contributed by atoms with van der Waals surface area (Å²) in [5.74, 6) is 2.66. The zero-order valence-corrected chi connectivity index (χ0v) is 19.7. The van der Waals surface area contributed by atoms with Crippen LogP contribution < -0.4 is 10.6 Å². The highest BCUT2D eigenvalue weighted by molar-refractivity contribution is 14.0. The van der Waals surface area contributed by atoms with Gasteiger partial charge in [0.25, 0.3) is 0 Å². The molecule has 1 fully saturated rings. The zero-order valence-electron chi connectivity index (χ0n) is 17.4. The van der Waals surface area contributed by atoms with Crippen LogP contribution in [0.5, 0.6) is 0 Å². The maximum absolute atomic E-state index is 4.80. The van der Waals surface area contributed by atoms with Crippen LogP contribution in [0.1, 0.15) is 50.7 Å². The first-order valence-corrected chi connectivity index (χ1v) is 10.5. The topological polar surface area (TPSA) is 97.3 Å². The van der Waals surface area contributed by atoms with Crippen molar-refractivity contribution in [3.05, 3.63) is 42.4 Å². The molecule has 0 aromatic carbocycles. The number of fused-ring (bicyclic) bond motifs is 1. The van der Waals surface area contributed by atoms with Gasteiger partial charge in [-0.05, 0) is 25.0 Å². The third kappa shape index (κ3) is 5.67. The molecule has 0 unspecified atom stereocenters. The number of rotatable bonds is 7. The predicted octanol–water partition coefficient (Wildman–Crippen LogP) is 2.57. The molecule has 10 heteroatoms. The van der Waals surface area contributed by atoms with E-state index in [-0.39, 0.29) is 24.0 Å². The van der Waals surface area contributed by atoms with Gasteiger partial charge in [0.2, 0.25) is 0 Å². The molecule has 0 spiro atoms. The minimum absolute atomic E-state index is 0. The molecule has 2 N–H and O–H groups in total. The van der Waals surface area contributed by atoms with Crippen molar-refractivity contribution in [2.24, 2.45) is 4.99 Å². The largest absolute Gasteiger partial charge is 0.355 e. The number of nitrogens with zero attached hydrogens (tertiary/aromatic N) is 7. The van der Waals surface area contributed by atoms with Gasteiger partial charge >= 0.3 is 0 Å². The predicted molar refractivity (Wildman–Crippen MR) is 127 cm³/mol. The summed E-state index contributed by atoms with van der Waals surface area (Å²) in [6, 6.07) is 6.37. The van der Waals surface area contributed by atoms with Gasteiger partial charge in [-0.15, -0.1) is 44.4 Å². The van der Waals surface area contributed by atoms with Crippen molar-refractivity contribution < 1.29 is 0 Å². The SMILES string of the molecule is CCc1nncn1CCNC(=NCc1nnc2ccccn12)NC1CCCCC1.I. The van der Waals surface area contributed by atoms with E-state index in [2.05, 4.69) is 42.5 Å². The van der Waals surface area contributed by atoms with Crippen LogP contribution >= 0.6 is 24.0 Å². The Morgan fingerprint density at radius 3 is 2.83 bits per heavy atom. The second-order valence-corrected chi connectivity index (χ2v) is 7.41. The number of hydrogen-bond donors (Lipinski definition) is 2. The molecule has 162 valence electrons. The molecule has 0 aliphatic heterocycles. The van der Waals surface area contributed by atoms with Gasteiger partial charge < -0.3 is 15.2 Å². The van der Waals surface area contributed by atoms with Crippen molar-refractivity contribution in [2.75, 3.05) is 6.54 Å². The molecule has 4 rings (SSSR count). The third-order valence-corrected chi connectivity index (χ3v) is 5.37. The third-order valence-electron chi connectivity index (χ3n) is 5.37. The highest BCUT2D eigenvalue weighted by Crippen LogP contribution is 2.17. The van der Waals surface area contributed by atoms with E-state index in [1.165, 1.54) is 32.1 Å². The quantitative estimate of drug-likeness (QED) is 0.281. The molecule has 3 aromatic heterocycles. The first kappa shape index (κ1) is 22.4. The van der Waals surface area contributed by atoms with Crippen molar-refractivity contribution in [3.63, 3.8) is 0 Å². The molecule has 1 aliphatic carbocycles. The fourth-order valence-corrected chi connectivity index (χ4v) is 3.78. The molecule has 30 heavy (non-hydrogen) atoms. The lowest BCUT2D eigenvalue weighted by Gasteiger charge is -2.25. The van der Waals surface area contributed by atoms with Gasteiger partial charge in [-0.1, -0.05) is 32.3 Å². The van der Waals surface area contributed by atoms with Crippen LogP contribution in [0.4, 0.5) is 0 Å². The molecular weight excluding hydrogens is 493 g/mol. The van der Waals surface area contributed by atoms with Gasteiger partial charge in [0.1, 0.15) is 18.7 Å². The number of aryl methyl sites for hydroxylation is 1. The Morgan fingerprint density at radius 1 is 1.13 bits per heavy atom. The summed E-state index contributed by atoms with van der Waals surface area (Å²) in [7, 11) is 0. The van der Waals surface area contributed by atoms with Gasteiger partial charge in [-0.2, -0.15) is 0 Å². The fraction of sp³-hybridized carbons (Fsp3) is 0.550.